The summed E-state index contributed by atoms with van der Waals surface area (Å²) in [6, 6.07) is 6.18. The van der Waals surface area contributed by atoms with Gasteiger partial charge in [-0.25, -0.2) is 0 Å². The van der Waals surface area contributed by atoms with Crippen molar-refractivity contribution < 1.29 is 9.47 Å². The van der Waals surface area contributed by atoms with Crippen LogP contribution < -0.4 is 9.47 Å². The van der Waals surface area contributed by atoms with E-state index < -0.39 is 0 Å². The minimum Gasteiger partial charge on any atom is -0.497 e. The van der Waals surface area contributed by atoms with Crippen LogP contribution in [0.2, 0.25) is 0 Å². The number of allylic oxidation sites excluding steroid dienone is 2. The van der Waals surface area contributed by atoms with Crippen molar-refractivity contribution in [2.24, 2.45) is 0 Å². The molecule has 0 aliphatic rings. The summed E-state index contributed by atoms with van der Waals surface area (Å²) < 4.78 is 10.7. The molecule has 142 valence electrons. The molecule has 0 aliphatic heterocycles. The fourth-order valence-corrected chi connectivity index (χ4v) is 3.04. The first kappa shape index (κ1) is 21.6. The summed E-state index contributed by atoms with van der Waals surface area (Å²) in [4.78, 5) is 0. The summed E-state index contributed by atoms with van der Waals surface area (Å²) in [6.45, 7) is 2.25. The quantitative estimate of drug-likeness (QED) is 0.249. The van der Waals surface area contributed by atoms with E-state index in [-0.39, 0.29) is 0 Å². The van der Waals surface area contributed by atoms with Crippen LogP contribution in [0.1, 0.15) is 83.1 Å². The third kappa shape index (κ3) is 10.9. The Bertz CT molecular complexity index is 443. The van der Waals surface area contributed by atoms with Crippen LogP contribution in [-0.2, 0) is 6.42 Å². The summed E-state index contributed by atoms with van der Waals surface area (Å²) in [5, 5.41) is 0. The van der Waals surface area contributed by atoms with Gasteiger partial charge < -0.3 is 9.47 Å². The predicted molar refractivity (Wildman–Crippen MR) is 109 cm³/mol. The number of benzene rings is 1. The summed E-state index contributed by atoms with van der Waals surface area (Å²) >= 11 is 0. The van der Waals surface area contributed by atoms with E-state index >= 15 is 0 Å². The van der Waals surface area contributed by atoms with E-state index in [1.807, 2.05) is 6.07 Å². The average Bonchev–Trinajstić information content (AvgIpc) is 2.65. The summed E-state index contributed by atoms with van der Waals surface area (Å²) in [6.07, 6.45) is 20.4. The third-order valence-corrected chi connectivity index (χ3v) is 4.64. The maximum Gasteiger partial charge on any atom is 0.122 e. The minimum absolute atomic E-state index is 0.887. The van der Waals surface area contributed by atoms with Crippen molar-refractivity contribution in [3.63, 3.8) is 0 Å². The second-order valence-electron chi connectivity index (χ2n) is 6.85. The smallest absolute Gasteiger partial charge is 0.122 e. The maximum absolute atomic E-state index is 5.33. The Morgan fingerprint density at radius 1 is 0.680 bits per heavy atom. The van der Waals surface area contributed by atoms with Crippen molar-refractivity contribution in [2.75, 3.05) is 14.2 Å². The van der Waals surface area contributed by atoms with E-state index in [0.717, 1.165) is 17.9 Å². The fraction of sp³-hybridized carbons (Fsp3) is 0.652. The van der Waals surface area contributed by atoms with E-state index in [1.54, 1.807) is 14.2 Å². The van der Waals surface area contributed by atoms with Crippen molar-refractivity contribution in [2.45, 2.75) is 84.0 Å². The topological polar surface area (TPSA) is 18.5 Å². The minimum atomic E-state index is 0.887. The number of aryl methyl sites for hydroxylation is 1. The first-order chi connectivity index (χ1) is 12.3. The third-order valence-electron chi connectivity index (χ3n) is 4.64. The number of hydrogen-bond acceptors (Lipinski definition) is 2. The molecule has 0 N–H and O–H groups in total. The van der Waals surface area contributed by atoms with Gasteiger partial charge in [0.05, 0.1) is 14.2 Å². The Kier molecular flexibility index (Phi) is 12.8. The van der Waals surface area contributed by atoms with Crippen LogP contribution in [0.5, 0.6) is 11.5 Å². The first-order valence-corrected chi connectivity index (χ1v) is 10.2. The highest BCUT2D eigenvalue weighted by atomic mass is 16.5. The fourth-order valence-electron chi connectivity index (χ4n) is 3.04. The highest BCUT2D eigenvalue weighted by Gasteiger charge is 2.02. The lowest BCUT2D eigenvalue weighted by molar-refractivity contribution is 0.393. The average molecular weight is 347 g/mol. The number of hydrogen-bond donors (Lipinski definition) is 0. The zero-order chi connectivity index (χ0) is 18.2. The first-order valence-electron chi connectivity index (χ1n) is 10.2. The highest BCUT2D eigenvalue weighted by molar-refractivity contribution is 5.38. The van der Waals surface area contributed by atoms with Crippen LogP contribution in [-0.4, -0.2) is 14.2 Å². The van der Waals surface area contributed by atoms with Crippen LogP contribution in [0.4, 0.5) is 0 Å². The van der Waals surface area contributed by atoms with E-state index in [2.05, 4.69) is 31.2 Å². The summed E-state index contributed by atoms with van der Waals surface area (Å²) in [7, 11) is 3.42. The molecule has 0 amide bonds. The van der Waals surface area contributed by atoms with Gasteiger partial charge in [0.25, 0.3) is 0 Å². The van der Waals surface area contributed by atoms with E-state index in [4.69, 9.17) is 9.47 Å². The Morgan fingerprint density at radius 2 is 1.20 bits per heavy atom. The Labute approximate surface area is 155 Å². The van der Waals surface area contributed by atoms with Gasteiger partial charge in [0.15, 0.2) is 0 Å². The van der Waals surface area contributed by atoms with E-state index in [1.165, 1.54) is 76.2 Å². The van der Waals surface area contributed by atoms with Gasteiger partial charge in [-0.05, 0) is 49.8 Å². The molecule has 0 saturated heterocycles. The second kappa shape index (κ2) is 14.9. The molecule has 0 spiro atoms. The molecule has 0 unspecified atom stereocenters. The number of methoxy groups -OCH3 is 2. The number of unbranched alkanes of at least 4 members (excludes halogenated alkanes) is 9. The highest BCUT2D eigenvalue weighted by Crippen LogP contribution is 2.23. The lowest BCUT2D eigenvalue weighted by Crippen LogP contribution is -1.92. The molecule has 0 aliphatic carbocycles. The van der Waals surface area contributed by atoms with Gasteiger partial charge >= 0.3 is 0 Å². The molecule has 2 heteroatoms. The van der Waals surface area contributed by atoms with Crippen LogP contribution >= 0.6 is 0 Å². The lowest BCUT2D eigenvalue weighted by atomic mass is 10.0. The predicted octanol–water partition coefficient (Wildman–Crippen LogP) is 7.11. The largest absolute Gasteiger partial charge is 0.497 e. The van der Waals surface area contributed by atoms with Crippen molar-refractivity contribution in [3.8, 4) is 11.5 Å². The SMILES string of the molecule is CCCC/C=C/CCCCCCCCCc1cc(OC)cc(OC)c1. The molecule has 0 heterocycles. The Balaban J connectivity index is 2.01. The molecule has 0 aromatic heterocycles. The second-order valence-corrected chi connectivity index (χ2v) is 6.85. The monoisotopic (exact) mass is 346 g/mol. The molecule has 0 fully saturated rings. The standard InChI is InChI=1S/C23H38O2/c1-4-5-6-7-8-9-10-11-12-13-14-15-16-17-21-18-22(24-2)20-23(19-21)25-3/h7-8,18-20H,4-6,9-17H2,1-3H3/b8-7+. The summed E-state index contributed by atoms with van der Waals surface area (Å²) in [5.74, 6) is 1.77. The molecular formula is C23H38O2. The molecule has 0 bridgehead atoms. The molecule has 2 nitrogen and oxygen atoms in total. The van der Waals surface area contributed by atoms with Gasteiger partial charge in [0, 0.05) is 6.07 Å². The van der Waals surface area contributed by atoms with Gasteiger partial charge in [-0.1, -0.05) is 64.0 Å². The van der Waals surface area contributed by atoms with Gasteiger partial charge in [0.1, 0.15) is 11.5 Å². The van der Waals surface area contributed by atoms with Crippen molar-refractivity contribution in [1.29, 1.82) is 0 Å². The van der Waals surface area contributed by atoms with E-state index in [0.29, 0.717) is 0 Å². The van der Waals surface area contributed by atoms with Crippen molar-refractivity contribution >= 4 is 0 Å². The van der Waals surface area contributed by atoms with Gasteiger partial charge in [-0.2, -0.15) is 0 Å². The Hall–Kier alpha value is -1.44. The zero-order valence-electron chi connectivity index (χ0n) is 16.7. The molecule has 0 radical (unpaired) electrons. The molecule has 1 aromatic carbocycles. The van der Waals surface area contributed by atoms with Crippen LogP contribution in [0.3, 0.4) is 0 Å². The van der Waals surface area contributed by atoms with Crippen molar-refractivity contribution in [3.05, 3.63) is 35.9 Å². The summed E-state index contributed by atoms with van der Waals surface area (Å²) in [5.41, 5.74) is 1.31. The van der Waals surface area contributed by atoms with E-state index in [9.17, 15) is 0 Å². The zero-order valence-corrected chi connectivity index (χ0v) is 16.7. The van der Waals surface area contributed by atoms with Gasteiger partial charge in [0.2, 0.25) is 0 Å². The van der Waals surface area contributed by atoms with Crippen LogP contribution in [0.15, 0.2) is 30.4 Å². The molecule has 1 aromatic rings. The molecule has 0 saturated carbocycles. The molecular weight excluding hydrogens is 308 g/mol. The number of ether oxygens (including phenoxy) is 2. The van der Waals surface area contributed by atoms with Gasteiger partial charge in [-0.15, -0.1) is 0 Å². The van der Waals surface area contributed by atoms with Crippen molar-refractivity contribution in [1.82, 2.24) is 0 Å². The molecule has 25 heavy (non-hydrogen) atoms. The normalized spacial score (nSPS) is 11.2. The molecule has 0 atom stereocenters. The maximum atomic E-state index is 5.33. The van der Waals surface area contributed by atoms with Crippen LogP contribution in [0.25, 0.3) is 0 Å². The Morgan fingerprint density at radius 3 is 1.76 bits per heavy atom. The molecule has 1 rings (SSSR count). The number of rotatable bonds is 15. The van der Waals surface area contributed by atoms with Gasteiger partial charge in [-0.3, -0.25) is 0 Å². The lowest BCUT2D eigenvalue weighted by Gasteiger charge is -2.08. The van der Waals surface area contributed by atoms with Crippen LogP contribution in [0, 0.1) is 0 Å².